The van der Waals surface area contributed by atoms with Crippen LogP contribution in [-0.4, -0.2) is 64.2 Å². The molecule has 3 unspecified atom stereocenters. The molecule has 1 heterocycles. The van der Waals surface area contributed by atoms with Crippen LogP contribution in [0.2, 0.25) is 0 Å². The summed E-state index contributed by atoms with van der Waals surface area (Å²) in [5, 5.41) is 20.1. The van der Waals surface area contributed by atoms with Crippen LogP contribution >= 0.6 is 0 Å². The van der Waals surface area contributed by atoms with Crippen molar-refractivity contribution >= 4 is 17.8 Å². The maximum absolute atomic E-state index is 12.1. The second-order valence-electron chi connectivity index (χ2n) is 4.55. The molecular formula is C11H19N3O5. The van der Waals surface area contributed by atoms with E-state index in [9.17, 15) is 14.4 Å². The molecule has 5 N–H and O–H groups in total. The SMILES string of the molecule is CC(NC(=O)C(N)CO)C(=O)N1CCCC1C(=O)O. The maximum Gasteiger partial charge on any atom is 0.326 e. The van der Waals surface area contributed by atoms with Crippen molar-refractivity contribution in [1.82, 2.24) is 10.2 Å². The van der Waals surface area contributed by atoms with Crippen LogP contribution in [0.3, 0.4) is 0 Å². The van der Waals surface area contributed by atoms with Gasteiger partial charge in [0, 0.05) is 6.54 Å². The number of rotatable bonds is 5. The van der Waals surface area contributed by atoms with Gasteiger partial charge in [0.15, 0.2) is 0 Å². The van der Waals surface area contributed by atoms with Gasteiger partial charge in [0.25, 0.3) is 0 Å². The largest absolute Gasteiger partial charge is 0.480 e. The average molecular weight is 273 g/mol. The van der Waals surface area contributed by atoms with Gasteiger partial charge in [-0.1, -0.05) is 0 Å². The molecule has 8 heteroatoms. The smallest absolute Gasteiger partial charge is 0.326 e. The van der Waals surface area contributed by atoms with E-state index in [4.69, 9.17) is 15.9 Å². The van der Waals surface area contributed by atoms with Crippen LogP contribution in [0.1, 0.15) is 19.8 Å². The molecule has 0 aromatic carbocycles. The summed E-state index contributed by atoms with van der Waals surface area (Å²) in [5.41, 5.74) is 5.31. The molecule has 1 rings (SSSR count). The number of carbonyl (C=O) groups excluding carboxylic acids is 2. The van der Waals surface area contributed by atoms with Crippen LogP contribution in [-0.2, 0) is 14.4 Å². The lowest BCUT2D eigenvalue weighted by atomic mass is 10.2. The number of aliphatic hydroxyl groups is 1. The molecule has 1 aliphatic rings. The van der Waals surface area contributed by atoms with Crippen LogP contribution < -0.4 is 11.1 Å². The summed E-state index contributed by atoms with van der Waals surface area (Å²) in [4.78, 5) is 35.7. The van der Waals surface area contributed by atoms with Crippen LogP contribution in [0, 0.1) is 0 Å². The Bertz CT molecular complexity index is 373. The average Bonchev–Trinajstić information content (AvgIpc) is 2.85. The highest BCUT2D eigenvalue weighted by molar-refractivity contribution is 5.91. The standard InChI is InChI=1S/C11H19N3O5/c1-6(13-9(16)7(12)5-15)10(17)14-4-2-3-8(14)11(18)19/h6-8,15H,2-5,12H2,1H3,(H,13,16)(H,18,19). The zero-order valence-corrected chi connectivity index (χ0v) is 10.7. The van der Waals surface area contributed by atoms with Crippen molar-refractivity contribution in [2.75, 3.05) is 13.2 Å². The number of nitrogens with one attached hydrogen (secondary N) is 1. The van der Waals surface area contributed by atoms with Crippen molar-refractivity contribution in [3.8, 4) is 0 Å². The first-order valence-electron chi connectivity index (χ1n) is 6.08. The van der Waals surface area contributed by atoms with Gasteiger partial charge in [0.2, 0.25) is 11.8 Å². The van der Waals surface area contributed by atoms with Crippen LogP contribution in [0.4, 0.5) is 0 Å². The number of nitrogens with two attached hydrogens (primary N) is 1. The van der Waals surface area contributed by atoms with Crippen molar-refractivity contribution in [3.05, 3.63) is 0 Å². The first-order chi connectivity index (χ1) is 8.88. The van der Waals surface area contributed by atoms with Gasteiger partial charge >= 0.3 is 5.97 Å². The molecule has 108 valence electrons. The lowest BCUT2D eigenvalue weighted by Gasteiger charge is -2.25. The van der Waals surface area contributed by atoms with Gasteiger partial charge in [-0.05, 0) is 19.8 Å². The minimum Gasteiger partial charge on any atom is -0.480 e. The van der Waals surface area contributed by atoms with Gasteiger partial charge in [-0.15, -0.1) is 0 Å². The summed E-state index contributed by atoms with van der Waals surface area (Å²) >= 11 is 0. The molecule has 0 aromatic heterocycles. The van der Waals surface area contributed by atoms with Gasteiger partial charge in [0.05, 0.1) is 6.61 Å². The molecule has 3 atom stereocenters. The Morgan fingerprint density at radius 1 is 1.47 bits per heavy atom. The lowest BCUT2D eigenvalue weighted by Crippen LogP contribution is -2.53. The van der Waals surface area contributed by atoms with Crippen LogP contribution in [0.25, 0.3) is 0 Å². The second-order valence-corrected chi connectivity index (χ2v) is 4.55. The third-order valence-electron chi connectivity index (χ3n) is 3.08. The van der Waals surface area contributed by atoms with Gasteiger partial charge in [-0.25, -0.2) is 4.79 Å². The maximum atomic E-state index is 12.1. The molecule has 0 spiro atoms. The number of hydrogen-bond acceptors (Lipinski definition) is 5. The third-order valence-corrected chi connectivity index (χ3v) is 3.08. The summed E-state index contributed by atoms with van der Waals surface area (Å²) in [7, 11) is 0. The number of aliphatic hydroxyl groups excluding tert-OH is 1. The minimum absolute atomic E-state index is 0.363. The highest BCUT2D eigenvalue weighted by atomic mass is 16.4. The molecule has 0 saturated carbocycles. The van der Waals surface area contributed by atoms with Gasteiger partial charge in [0.1, 0.15) is 18.1 Å². The van der Waals surface area contributed by atoms with Crippen molar-refractivity contribution in [1.29, 1.82) is 0 Å². The van der Waals surface area contributed by atoms with Gasteiger partial charge < -0.3 is 26.2 Å². The van der Waals surface area contributed by atoms with Gasteiger partial charge in [-0.3, -0.25) is 9.59 Å². The lowest BCUT2D eigenvalue weighted by molar-refractivity contribution is -0.149. The minimum atomic E-state index is -1.09. The number of nitrogens with zero attached hydrogens (tertiary/aromatic N) is 1. The van der Waals surface area contributed by atoms with E-state index in [0.29, 0.717) is 19.4 Å². The molecule has 0 aromatic rings. The first-order valence-corrected chi connectivity index (χ1v) is 6.08. The summed E-state index contributed by atoms with van der Waals surface area (Å²) < 4.78 is 0. The van der Waals surface area contributed by atoms with E-state index >= 15 is 0 Å². The Kier molecular flexibility index (Phi) is 5.25. The number of carboxylic acid groups (broad SMARTS) is 1. The van der Waals surface area contributed by atoms with Crippen LogP contribution in [0.15, 0.2) is 0 Å². The summed E-state index contributed by atoms with van der Waals surface area (Å²) in [5.74, 6) is -2.14. The second kappa shape index (κ2) is 6.48. The highest BCUT2D eigenvalue weighted by Gasteiger charge is 2.36. The van der Waals surface area contributed by atoms with Crippen molar-refractivity contribution in [2.45, 2.75) is 37.9 Å². The molecule has 1 saturated heterocycles. The van der Waals surface area contributed by atoms with E-state index in [1.165, 1.54) is 11.8 Å². The fourth-order valence-corrected chi connectivity index (χ4v) is 2.00. The number of amides is 2. The molecule has 1 fully saturated rings. The molecule has 1 aliphatic heterocycles. The van der Waals surface area contributed by atoms with E-state index in [0.717, 1.165) is 0 Å². The summed E-state index contributed by atoms with van der Waals surface area (Å²) in [6.45, 7) is 1.30. The van der Waals surface area contributed by atoms with Crippen molar-refractivity contribution < 1.29 is 24.6 Å². The van der Waals surface area contributed by atoms with E-state index < -0.39 is 42.5 Å². The molecule has 0 bridgehead atoms. The fourth-order valence-electron chi connectivity index (χ4n) is 2.00. The molecule has 2 amide bonds. The Morgan fingerprint density at radius 3 is 2.63 bits per heavy atom. The predicted octanol–water partition coefficient (Wildman–Crippen LogP) is -2.11. The Hall–Kier alpha value is -1.67. The van der Waals surface area contributed by atoms with E-state index in [1.54, 1.807) is 0 Å². The van der Waals surface area contributed by atoms with E-state index in [1.807, 2.05) is 0 Å². The normalized spacial score (nSPS) is 21.8. The molecule has 0 radical (unpaired) electrons. The monoisotopic (exact) mass is 273 g/mol. The van der Waals surface area contributed by atoms with E-state index in [2.05, 4.69) is 5.32 Å². The fraction of sp³-hybridized carbons (Fsp3) is 0.727. The van der Waals surface area contributed by atoms with Crippen molar-refractivity contribution in [3.63, 3.8) is 0 Å². The molecule has 0 aliphatic carbocycles. The number of hydrogen-bond donors (Lipinski definition) is 4. The van der Waals surface area contributed by atoms with Crippen molar-refractivity contribution in [2.24, 2.45) is 5.73 Å². The third kappa shape index (κ3) is 3.65. The number of likely N-dealkylation sites (tertiary alicyclic amines) is 1. The molecular weight excluding hydrogens is 254 g/mol. The van der Waals surface area contributed by atoms with E-state index in [-0.39, 0.29) is 0 Å². The number of carbonyl (C=O) groups is 3. The predicted molar refractivity (Wildman–Crippen MR) is 65.0 cm³/mol. The quantitative estimate of drug-likeness (QED) is 0.453. The Labute approximate surface area is 110 Å². The molecule has 19 heavy (non-hydrogen) atoms. The molecule has 8 nitrogen and oxygen atoms in total. The summed E-state index contributed by atoms with van der Waals surface area (Å²) in [6, 6.07) is -2.80. The number of carboxylic acids is 1. The summed E-state index contributed by atoms with van der Waals surface area (Å²) in [6.07, 6.45) is 1.04. The van der Waals surface area contributed by atoms with Crippen LogP contribution in [0.5, 0.6) is 0 Å². The zero-order valence-electron chi connectivity index (χ0n) is 10.7. The first kappa shape index (κ1) is 15.4. The zero-order chi connectivity index (χ0) is 14.6. The Balaban J connectivity index is 2.62. The Morgan fingerprint density at radius 2 is 2.11 bits per heavy atom. The number of aliphatic carboxylic acids is 1. The topological polar surface area (TPSA) is 133 Å². The highest BCUT2D eigenvalue weighted by Crippen LogP contribution is 2.18. The van der Waals surface area contributed by atoms with Gasteiger partial charge in [-0.2, -0.15) is 0 Å².